The Balaban J connectivity index is 2.28. The summed E-state index contributed by atoms with van der Waals surface area (Å²) in [6, 6.07) is 6.91. The predicted octanol–water partition coefficient (Wildman–Crippen LogP) is 4.00. The summed E-state index contributed by atoms with van der Waals surface area (Å²) in [6.07, 6.45) is 0. The molecule has 0 saturated heterocycles. The van der Waals surface area contributed by atoms with Crippen LogP contribution in [0.3, 0.4) is 0 Å². The van der Waals surface area contributed by atoms with Gasteiger partial charge >= 0.3 is 0 Å². The number of halogens is 2. The average Bonchev–Trinajstić information content (AvgIpc) is 2.70. The van der Waals surface area contributed by atoms with Gasteiger partial charge in [0.05, 0.1) is 16.4 Å². The Morgan fingerprint density at radius 2 is 2.18 bits per heavy atom. The largest absolute Gasteiger partial charge is 0.397 e. The molecule has 3 N–H and O–H groups in total. The molecule has 0 bridgehead atoms. The monoisotopic (exact) mass is 330 g/mol. The van der Waals surface area contributed by atoms with E-state index in [-0.39, 0.29) is 5.91 Å². The number of amides is 1. The highest BCUT2D eigenvalue weighted by Gasteiger charge is 2.14. The van der Waals surface area contributed by atoms with Gasteiger partial charge in [0.15, 0.2) is 0 Å². The van der Waals surface area contributed by atoms with Gasteiger partial charge in [-0.1, -0.05) is 17.7 Å². The van der Waals surface area contributed by atoms with E-state index in [2.05, 4.69) is 21.2 Å². The van der Waals surface area contributed by atoms with Gasteiger partial charge in [-0.15, -0.1) is 11.3 Å². The fourth-order valence-corrected chi connectivity index (χ4v) is 2.97. The van der Waals surface area contributed by atoms with Gasteiger partial charge in [0.25, 0.3) is 5.91 Å². The molecule has 0 saturated carbocycles. The van der Waals surface area contributed by atoms with Crippen LogP contribution in [0.5, 0.6) is 0 Å². The minimum absolute atomic E-state index is 0.230. The number of carbonyl (C=O) groups excluding carboxylic acids is 1. The van der Waals surface area contributed by atoms with E-state index in [4.69, 9.17) is 17.3 Å². The van der Waals surface area contributed by atoms with Gasteiger partial charge in [-0.2, -0.15) is 0 Å². The number of nitrogen functional groups attached to an aromatic ring is 1. The molecule has 3 nitrogen and oxygen atoms in total. The highest BCUT2D eigenvalue weighted by atomic mass is 79.9. The smallest absolute Gasteiger partial charge is 0.266 e. The number of thiophene rings is 1. The number of nitrogens with two attached hydrogens (primary N) is 1. The maximum Gasteiger partial charge on any atom is 0.266 e. The van der Waals surface area contributed by atoms with Gasteiger partial charge in [-0.05, 0) is 39.5 Å². The second kappa shape index (κ2) is 5.08. The molecule has 0 fully saturated rings. The molecule has 0 aliphatic carbocycles. The van der Waals surface area contributed by atoms with Crippen LogP contribution in [0, 0.1) is 0 Å². The van der Waals surface area contributed by atoms with Crippen molar-refractivity contribution in [2.24, 2.45) is 0 Å². The van der Waals surface area contributed by atoms with Crippen LogP contribution in [0.15, 0.2) is 34.1 Å². The molecule has 88 valence electrons. The number of para-hydroxylation sites is 1. The molecule has 0 spiro atoms. The van der Waals surface area contributed by atoms with Crippen molar-refractivity contribution in [3.8, 4) is 0 Å². The van der Waals surface area contributed by atoms with Crippen molar-refractivity contribution in [2.45, 2.75) is 0 Å². The Hall–Kier alpha value is -1.04. The highest BCUT2D eigenvalue weighted by molar-refractivity contribution is 9.10. The number of benzene rings is 1. The van der Waals surface area contributed by atoms with Crippen LogP contribution in [-0.4, -0.2) is 5.91 Å². The van der Waals surface area contributed by atoms with E-state index in [1.54, 1.807) is 18.2 Å². The topological polar surface area (TPSA) is 55.1 Å². The minimum atomic E-state index is -0.230. The number of rotatable bonds is 2. The molecule has 17 heavy (non-hydrogen) atoms. The molecule has 2 aromatic rings. The number of hydrogen-bond acceptors (Lipinski definition) is 3. The van der Waals surface area contributed by atoms with E-state index in [0.29, 0.717) is 21.3 Å². The molecular weight excluding hydrogens is 324 g/mol. The molecule has 0 unspecified atom stereocenters. The summed E-state index contributed by atoms with van der Waals surface area (Å²) in [5.41, 5.74) is 6.64. The SMILES string of the molecule is Nc1cccc(Cl)c1NC(=O)c1sccc1Br. The second-order valence-electron chi connectivity index (χ2n) is 3.26. The average molecular weight is 332 g/mol. The highest BCUT2D eigenvalue weighted by Crippen LogP contribution is 2.30. The lowest BCUT2D eigenvalue weighted by Crippen LogP contribution is -2.12. The van der Waals surface area contributed by atoms with Crippen LogP contribution < -0.4 is 11.1 Å². The van der Waals surface area contributed by atoms with Crippen molar-refractivity contribution in [1.82, 2.24) is 0 Å². The summed E-state index contributed by atoms with van der Waals surface area (Å²) < 4.78 is 0.755. The lowest BCUT2D eigenvalue weighted by Gasteiger charge is -2.09. The van der Waals surface area contributed by atoms with Gasteiger partial charge in [0.1, 0.15) is 4.88 Å². The first-order valence-corrected chi connectivity index (χ1v) is 6.73. The molecule has 0 atom stereocenters. The van der Waals surface area contributed by atoms with Gasteiger partial charge in [-0.25, -0.2) is 0 Å². The molecular formula is C11H8BrClN2OS. The third kappa shape index (κ3) is 2.62. The van der Waals surface area contributed by atoms with Crippen LogP contribution >= 0.6 is 38.9 Å². The molecule has 1 amide bonds. The molecule has 1 heterocycles. The molecule has 1 aromatic carbocycles. The van der Waals surface area contributed by atoms with Crippen LogP contribution in [-0.2, 0) is 0 Å². The Morgan fingerprint density at radius 3 is 2.76 bits per heavy atom. The third-order valence-corrected chi connectivity index (χ3v) is 4.26. The van der Waals surface area contributed by atoms with Gasteiger partial charge < -0.3 is 11.1 Å². The zero-order chi connectivity index (χ0) is 12.4. The van der Waals surface area contributed by atoms with Crippen LogP contribution in [0.1, 0.15) is 9.67 Å². The van der Waals surface area contributed by atoms with Gasteiger partial charge in [-0.3, -0.25) is 4.79 Å². The quantitative estimate of drug-likeness (QED) is 0.817. The Bertz CT molecular complexity index is 550. The number of anilines is 2. The van der Waals surface area contributed by atoms with E-state index < -0.39 is 0 Å². The second-order valence-corrected chi connectivity index (χ2v) is 5.43. The Labute approximate surface area is 116 Å². The van der Waals surface area contributed by atoms with Crippen LogP contribution in [0.2, 0.25) is 5.02 Å². The number of carbonyl (C=O) groups is 1. The molecule has 2 rings (SSSR count). The summed E-state index contributed by atoms with van der Waals surface area (Å²) in [7, 11) is 0. The summed E-state index contributed by atoms with van der Waals surface area (Å²) in [6.45, 7) is 0. The van der Waals surface area contributed by atoms with Crippen molar-refractivity contribution < 1.29 is 4.79 Å². The normalized spacial score (nSPS) is 10.2. The van der Waals surface area contributed by atoms with E-state index in [0.717, 1.165) is 4.47 Å². The van der Waals surface area contributed by atoms with Crippen molar-refractivity contribution in [3.05, 3.63) is 44.0 Å². The lowest BCUT2D eigenvalue weighted by molar-refractivity contribution is 0.103. The van der Waals surface area contributed by atoms with Crippen LogP contribution in [0.25, 0.3) is 0 Å². The first-order valence-electron chi connectivity index (χ1n) is 4.68. The molecule has 0 aliphatic rings. The van der Waals surface area contributed by atoms with Crippen LogP contribution in [0.4, 0.5) is 11.4 Å². The standard InChI is InChI=1S/C11H8BrClN2OS/c12-6-4-5-17-10(6)11(16)15-9-7(13)2-1-3-8(9)14/h1-5H,14H2,(H,15,16). The Morgan fingerprint density at radius 1 is 1.41 bits per heavy atom. The van der Waals surface area contributed by atoms with Gasteiger partial charge in [0, 0.05) is 4.47 Å². The van der Waals surface area contributed by atoms with Gasteiger partial charge in [0.2, 0.25) is 0 Å². The van der Waals surface area contributed by atoms with Crippen molar-refractivity contribution in [3.63, 3.8) is 0 Å². The summed E-state index contributed by atoms with van der Waals surface area (Å²) in [5, 5.41) is 4.96. The first kappa shape index (κ1) is 12.4. The molecule has 1 aromatic heterocycles. The first-order chi connectivity index (χ1) is 8.09. The summed E-state index contributed by atoms with van der Waals surface area (Å²) in [5.74, 6) is -0.230. The number of hydrogen-bond donors (Lipinski definition) is 2. The summed E-state index contributed by atoms with van der Waals surface area (Å²) >= 11 is 10.6. The van der Waals surface area contributed by atoms with E-state index >= 15 is 0 Å². The number of nitrogens with one attached hydrogen (secondary N) is 1. The lowest BCUT2D eigenvalue weighted by atomic mass is 10.2. The van der Waals surface area contributed by atoms with Crippen molar-refractivity contribution >= 4 is 56.1 Å². The predicted molar refractivity (Wildman–Crippen MR) is 75.8 cm³/mol. The fraction of sp³-hybridized carbons (Fsp3) is 0. The maximum absolute atomic E-state index is 12.0. The van der Waals surface area contributed by atoms with E-state index in [1.807, 2.05) is 11.4 Å². The zero-order valence-corrected chi connectivity index (χ0v) is 11.7. The molecule has 6 heteroatoms. The third-order valence-electron chi connectivity index (χ3n) is 2.11. The molecule has 0 radical (unpaired) electrons. The van der Waals surface area contributed by atoms with E-state index in [1.165, 1.54) is 11.3 Å². The summed E-state index contributed by atoms with van der Waals surface area (Å²) in [4.78, 5) is 12.5. The van der Waals surface area contributed by atoms with Crippen molar-refractivity contribution in [2.75, 3.05) is 11.1 Å². The molecule has 0 aliphatic heterocycles. The van der Waals surface area contributed by atoms with Crippen molar-refractivity contribution in [1.29, 1.82) is 0 Å². The maximum atomic E-state index is 12.0. The minimum Gasteiger partial charge on any atom is -0.397 e. The van der Waals surface area contributed by atoms with E-state index in [9.17, 15) is 4.79 Å². The zero-order valence-electron chi connectivity index (χ0n) is 8.54. The fourth-order valence-electron chi connectivity index (χ4n) is 1.30. The Kier molecular flexibility index (Phi) is 3.71.